The summed E-state index contributed by atoms with van der Waals surface area (Å²) in [5.41, 5.74) is 7.32. The molecule has 0 unspecified atom stereocenters. The van der Waals surface area contributed by atoms with Crippen molar-refractivity contribution < 1.29 is 0 Å². The minimum absolute atomic E-state index is 0.000000000000000222. The lowest BCUT2D eigenvalue weighted by Crippen LogP contribution is -2.46. The Morgan fingerprint density at radius 2 is 1.31 bits per heavy atom. The van der Waals surface area contributed by atoms with Crippen molar-refractivity contribution >= 4 is 0 Å². The smallest absolute Gasteiger partial charge is 0.0172 e. The lowest BCUT2D eigenvalue weighted by atomic mass is 9.80. The lowest BCUT2D eigenvalue weighted by Gasteiger charge is -2.33. The highest BCUT2D eigenvalue weighted by Crippen LogP contribution is 2.21. The van der Waals surface area contributed by atoms with E-state index in [0.717, 1.165) is 0 Å². The van der Waals surface area contributed by atoms with Crippen LogP contribution in [0.25, 0.3) is 0 Å². The molecule has 0 saturated heterocycles. The molecule has 0 aliphatic rings. The van der Waals surface area contributed by atoms with Gasteiger partial charge >= 0.3 is 0 Å². The molecular weight excluding hydrogens is 194 g/mol. The highest BCUT2D eigenvalue weighted by atomic mass is 14.7. The minimum Gasteiger partial charge on any atom is -0.325 e. The Morgan fingerprint density at radius 3 is 1.44 bits per heavy atom. The third-order valence-electron chi connectivity index (χ3n) is 3.43. The van der Waals surface area contributed by atoms with Crippen molar-refractivity contribution in [3.8, 4) is 0 Å². The summed E-state index contributed by atoms with van der Waals surface area (Å²) < 4.78 is 0. The predicted octanol–water partition coefficient (Wildman–Crippen LogP) is 4.01. The molecule has 1 heteroatoms. The van der Waals surface area contributed by atoms with E-state index in [2.05, 4.69) is 53.7 Å². The predicted molar refractivity (Wildman–Crippen MR) is 73.4 cm³/mol. The topological polar surface area (TPSA) is 26.0 Å². The lowest BCUT2D eigenvalue weighted by molar-refractivity contribution is 0.250. The van der Waals surface area contributed by atoms with Crippen molar-refractivity contribution in [2.75, 3.05) is 0 Å². The summed E-state index contributed by atoms with van der Waals surface area (Å²) in [7, 11) is 0. The first-order chi connectivity index (χ1) is 7.28. The van der Waals surface area contributed by atoms with Crippen LogP contribution in [0.5, 0.6) is 0 Å². The Hall–Kier alpha value is -0.820. The number of rotatable bonds is 2. The van der Waals surface area contributed by atoms with Crippen molar-refractivity contribution in [2.24, 2.45) is 17.6 Å². The number of hydrogen-bond acceptors (Lipinski definition) is 1. The second-order valence-corrected chi connectivity index (χ2v) is 5.33. The van der Waals surface area contributed by atoms with Gasteiger partial charge in [0.05, 0.1) is 0 Å². The third kappa shape index (κ3) is 5.32. The zero-order chi connectivity index (χ0) is 12.8. The van der Waals surface area contributed by atoms with Crippen molar-refractivity contribution in [3.05, 3.63) is 35.9 Å². The van der Waals surface area contributed by atoms with Crippen LogP contribution in [0.15, 0.2) is 30.3 Å². The first-order valence-electron chi connectivity index (χ1n) is 6.09. The summed E-state index contributed by atoms with van der Waals surface area (Å²) in [6.07, 6.45) is 0. The molecule has 1 aromatic rings. The number of nitrogens with two attached hydrogens (primary N) is 1. The average molecular weight is 221 g/mol. The van der Waals surface area contributed by atoms with Crippen molar-refractivity contribution in [3.63, 3.8) is 0 Å². The number of benzene rings is 1. The van der Waals surface area contributed by atoms with Crippen LogP contribution >= 0.6 is 0 Å². The first-order valence-corrected chi connectivity index (χ1v) is 6.09. The molecule has 1 aromatic carbocycles. The van der Waals surface area contributed by atoms with E-state index in [1.165, 1.54) is 5.56 Å². The van der Waals surface area contributed by atoms with Gasteiger partial charge in [0.2, 0.25) is 0 Å². The maximum absolute atomic E-state index is 6.00. The molecule has 0 fully saturated rings. The van der Waals surface area contributed by atoms with Gasteiger partial charge in [-0.3, -0.25) is 0 Å². The molecule has 0 amide bonds. The first kappa shape index (κ1) is 15.2. The molecular formula is C15H27N. The second-order valence-electron chi connectivity index (χ2n) is 5.33. The molecule has 1 nitrogen and oxygen atoms in total. The van der Waals surface area contributed by atoms with Gasteiger partial charge in [0.15, 0.2) is 0 Å². The van der Waals surface area contributed by atoms with Crippen LogP contribution in [0.3, 0.4) is 0 Å². The molecule has 16 heavy (non-hydrogen) atoms. The zero-order valence-electron chi connectivity index (χ0n) is 11.6. The van der Waals surface area contributed by atoms with E-state index in [1.54, 1.807) is 0 Å². The summed E-state index contributed by atoms with van der Waals surface area (Å²) in [6, 6.07) is 10.3. The maximum atomic E-state index is 6.00. The fourth-order valence-electron chi connectivity index (χ4n) is 1.20. The van der Waals surface area contributed by atoms with Gasteiger partial charge in [-0.05, 0) is 25.7 Å². The van der Waals surface area contributed by atoms with Crippen LogP contribution in [0, 0.1) is 18.8 Å². The van der Waals surface area contributed by atoms with E-state index < -0.39 is 0 Å². The van der Waals surface area contributed by atoms with E-state index >= 15 is 0 Å². The molecule has 0 bridgehead atoms. The van der Waals surface area contributed by atoms with E-state index in [0.29, 0.717) is 11.8 Å². The largest absolute Gasteiger partial charge is 0.325 e. The molecule has 0 aliphatic heterocycles. The molecule has 2 N–H and O–H groups in total. The highest BCUT2D eigenvalue weighted by molar-refractivity contribution is 5.11. The monoisotopic (exact) mass is 221 g/mol. The van der Waals surface area contributed by atoms with E-state index in [-0.39, 0.29) is 5.54 Å². The Bertz CT molecular complexity index is 263. The van der Waals surface area contributed by atoms with Crippen LogP contribution in [-0.4, -0.2) is 5.54 Å². The molecule has 0 aromatic heterocycles. The SMILES string of the molecule is CC(C)C(C)(N)C(C)C.Cc1ccccc1. The Kier molecular flexibility index (Phi) is 6.35. The van der Waals surface area contributed by atoms with E-state index in [1.807, 2.05) is 18.2 Å². The second kappa shape index (κ2) is 6.70. The summed E-state index contributed by atoms with van der Waals surface area (Å²) in [5.74, 6) is 1.13. The van der Waals surface area contributed by atoms with Crippen molar-refractivity contribution in [1.82, 2.24) is 0 Å². The molecule has 0 saturated carbocycles. The molecule has 0 spiro atoms. The quantitative estimate of drug-likeness (QED) is 0.802. The maximum Gasteiger partial charge on any atom is 0.0172 e. The molecule has 0 radical (unpaired) electrons. The van der Waals surface area contributed by atoms with Gasteiger partial charge in [-0.15, -0.1) is 0 Å². The molecule has 92 valence electrons. The van der Waals surface area contributed by atoms with Gasteiger partial charge in [-0.1, -0.05) is 63.6 Å². The fraction of sp³-hybridized carbons (Fsp3) is 0.600. The van der Waals surface area contributed by atoms with Crippen LogP contribution in [-0.2, 0) is 0 Å². The molecule has 0 aliphatic carbocycles. The third-order valence-corrected chi connectivity index (χ3v) is 3.43. The Morgan fingerprint density at radius 1 is 0.938 bits per heavy atom. The van der Waals surface area contributed by atoms with Gasteiger partial charge < -0.3 is 5.73 Å². The number of aryl methyl sites for hydroxylation is 1. The summed E-state index contributed by atoms with van der Waals surface area (Å²) in [6.45, 7) is 12.9. The average Bonchev–Trinajstić information content (AvgIpc) is 2.19. The molecule has 1 rings (SSSR count). The van der Waals surface area contributed by atoms with Crippen LogP contribution in [0.2, 0.25) is 0 Å². The fourth-order valence-corrected chi connectivity index (χ4v) is 1.20. The minimum atomic E-state index is 0.000000000000000222. The van der Waals surface area contributed by atoms with Crippen molar-refractivity contribution in [2.45, 2.75) is 47.1 Å². The van der Waals surface area contributed by atoms with Crippen LogP contribution in [0.1, 0.15) is 40.2 Å². The standard InChI is InChI=1S/C8H19N.C7H8/c1-6(2)8(5,9)7(3)4;1-7-5-3-2-4-6-7/h6-7H,9H2,1-5H3;2-6H,1H3. The van der Waals surface area contributed by atoms with Gasteiger partial charge in [0.1, 0.15) is 0 Å². The summed E-state index contributed by atoms with van der Waals surface area (Å²) in [4.78, 5) is 0. The van der Waals surface area contributed by atoms with Crippen molar-refractivity contribution in [1.29, 1.82) is 0 Å². The van der Waals surface area contributed by atoms with Crippen LogP contribution < -0.4 is 5.73 Å². The molecule has 0 atom stereocenters. The summed E-state index contributed by atoms with van der Waals surface area (Å²) >= 11 is 0. The van der Waals surface area contributed by atoms with Gasteiger partial charge in [-0.25, -0.2) is 0 Å². The highest BCUT2D eigenvalue weighted by Gasteiger charge is 2.26. The summed E-state index contributed by atoms with van der Waals surface area (Å²) in [5, 5.41) is 0. The van der Waals surface area contributed by atoms with Gasteiger partial charge in [0.25, 0.3) is 0 Å². The van der Waals surface area contributed by atoms with Gasteiger partial charge in [0, 0.05) is 5.54 Å². The van der Waals surface area contributed by atoms with Crippen LogP contribution in [0.4, 0.5) is 0 Å². The Labute approximate surface area is 101 Å². The molecule has 0 heterocycles. The number of hydrogen-bond donors (Lipinski definition) is 1. The van der Waals surface area contributed by atoms with E-state index in [9.17, 15) is 0 Å². The Balaban J connectivity index is 0.000000288. The normalized spacial score (nSPS) is 11.3. The van der Waals surface area contributed by atoms with E-state index in [4.69, 9.17) is 5.73 Å². The van der Waals surface area contributed by atoms with Gasteiger partial charge in [-0.2, -0.15) is 0 Å². The zero-order valence-corrected chi connectivity index (χ0v) is 11.6.